The molecule has 3 heterocycles. The molecule has 2 saturated heterocycles. The Bertz CT molecular complexity index is 499. The van der Waals surface area contributed by atoms with Gasteiger partial charge in [0.15, 0.2) is 0 Å². The third-order valence-corrected chi connectivity index (χ3v) is 4.29. The molecule has 3 rings (SSSR count). The molecule has 2 aliphatic heterocycles. The second-order valence-electron chi connectivity index (χ2n) is 6.07. The van der Waals surface area contributed by atoms with Crippen molar-refractivity contribution in [3.63, 3.8) is 0 Å². The van der Waals surface area contributed by atoms with Crippen molar-refractivity contribution >= 4 is 24.0 Å². The molecule has 2 fully saturated rings. The van der Waals surface area contributed by atoms with Gasteiger partial charge in [0.2, 0.25) is 5.91 Å². The molecule has 124 valence electrons. The lowest BCUT2D eigenvalue weighted by Gasteiger charge is -2.28. The summed E-state index contributed by atoms with van der Waals surface area (Å²) in [5.41, 5.74) is 0.484. The topological polar surface area (TPSA) is 59.0 Å². The van der Waals surface area contributed by atoms with Gasteiger partial charge in [-0.25, -0.2) is 8.78 Å². The van der Waals surface area contributed by atoms with Crippen molar-refractivity contribution in [3.05, 3.63) is 12.4 Å². The molecule has 2 N–H and O–H groups in total. The van der Waals surface area contributed by atoms with Gasteiger partial charge in [0.25, 0.3) is 6.43 Å². The highest BCUT2D eigenvalue weighted by Crippen LogP contribution is 2.32. The van der Waals surface area contributed by atoms with E-state index in [9.17, 15) is 13.6 Å². The molecular formula is C14H21ClF2N4O. The Hall–Kier alpha value is -1.21. The number of nitrogens with zero attached hydrogens (tertiary/aromatic N) is 2. The van der Waals surface area contributed by atoms with Crippen molar-refractivity contribution in [2.45, 2.75) is 57.2 Å². The minimum atomic E-state index is -2.45. The number of hydrogen-bond donors (Lipinski definition) is 2. The highest BCUT2D eigenvalue weighted by Gasteiger charge is 2.34. The molecule has 1 amide bonds. The summed E-state index contributed by atoms with van der Waals surface area (Å²) in [6.07, 6.45) is 5.42. The fourth-order valence-corrected chi connectivity index (χ4v) is 3.49. The van der Waals surface area contributed by atoms with E-state index in [0.29, 0.717) is 30.1 Å². The van der Waals surface area contributed by atoms with Crippen LogP contribution >= 0.6 is 12.4 Å². The first-order valence-electron chi connectivity index (χ1n) is 7.45. The molecule has 0 spiro atoms. The van der Waals surface area contributed by atoms with Crippen molar-refractivity contribution in [1.82, 2.24) is 15.1 Å². The first-order valence-corrected chi connectivity index (χ1v) is 7.45. The van der Waals surface area contributed by atoms with Gasteiger partial charge >= 0.3 is 0 Å². The maximum atomic E-state index is 12.2. The van der Waals surface area contributed by atoms with E-state index in [1.54, 1.807) is 0 Å². The summed E-state index contributed by atoms with van der Waals surface area (Å²) in [5, 5.41) is 10.1. The van der Waals surface area contributed by atoms with E-state index in [0.717, 1.165) is 17.5 Å². The Morgan fingerprint density at radius 3 is 2.73 bits per heavy atom. The molecular weight excluding hydrogens is 314 g/mol. The monoisotopic (exact) mass is 334 g/mol. The molecule has 22 heavy (non-hydrogen) atoms. The van der Waals surface area contributed by atoms with E-state index in [2.05, 4.69) is 15.7 Å². The molecule has 2 atom stereocenters. The largest absolute Gasteiger partial charge is 0.323 e. The number of amides is 1. The van der Waals surface area contributed by atoms with E-state index in [4.69, 9.17) is 0 Å². The lowest BCUT2D eigenvalue weighted by Crippen LogP contribution is -2.39. The van der Waals surface area contributed by atoms with Gasteiger partial charge in [0.1, 0.15) is 6.54 Å². The van der Waals surface area contributed by atoms with Crippen LogP contribution in [0.15, 0.2) is 12.4 Å². The van der Waals surface area contributed by atoms with Crippen LogP contribution in [0, 0.1) is 5.92 Å². The van der Waals surface area contributed by atoms with Crippen LogP contribution in [0.2, 0.25) is 0 Å². The number of aromatic nitrogens is 2. The van der Waals surface area contributed by atoms with Crippen LogP contribution in [0.5, 0.6) is 0 Å². The van der Waals surface area contributed by atoms with Crippen molar-refractivity contribution in [1.29, 1.82) is 0 Å². The van der Waals surface area contributed by atoms with Gasteiger partial charge in [-0.1, -0.05) is 0 Å². The average molecular weight is 335 g/mol. The number of rotatable bonds is 5. The molecule has 0 aromatic carbocycles. The number of hydrogen-bond acceptors (Lipinski definition) is 3. The van der Waals surface area contributed by atoms with Gasteiger partial charge < -0.3 is 10.6 Å². The van der Waals surface area contributed by atoms with E-state index in [-0.39, 0.29) is 18.3 Å². The Morgan fingerprint density at radius 2 is 2.09 bits per heavy atom. The summed E-state index contributed by atoms with van der Waals surface area (Å²) < 4.78 is 25.6. The lowest BCUT2D eigenvalue weighted by molar-refractivity contribution is -0.117. The maximum absolute atomic E-state index is 12.2. The zero-order valence-corrected chi connectivity index (χ0v) is 13.0. The van der Waals surface area contributed by atoms with Crippen LogP contribution < -0.4 is 10.6 Å². The van der Waals surface area contributed by atoms with Crippen molar-refractivity contribution in [2.24, 2.45) is 5.92 Å². The number of piperidine rings is 1. The minimum absolute atomic E-state index is 0. The molecule has 1 aromatic heterocycles. The fourth-order valence-electron chi connectivity index (χ4n) is 3.49. The molecule has 0 aliphatic carbocycles. The quantitative estimate of drug-likeness (QED) is 0.869. The number of nitrogens with one attached hydrogen (secondary N) is 2. The Balaban J connectivity index is 0.00000176. The Morgan fingerprint density at radius 1 is 1.41 bits per heavy atom. The normalized spacial score (nSPS) is 26.8. The number of carbonyl (C=O) groups is 1. The van der Waals surface area contributed by atoms with Gasteiger partial charge in [-0.3, -0.25) is 9.48 Å². The molecule has 0 saturated carbocycles. The molecule has 8 heteroatoms. The van der Waals surface area contributed by atoms with Gasteiger partial charge in [-0.05, 0) is 31.6 Å². The van der Waals surface area contributed by atoms with Crippen LogP contribution in [-0.2, 0) is 11.3 Å². The average Bonchev–Trinajstić information content (AvgIpc) is 2.95. The van der Waals surface area contributed by atoms with Crippen LogP contribution in [0.1, 0.15) is 32.1 Å². The number of alkyl halides is 2. The van der Waals surface area contributed by atoms with Gasteiger partial charge in [0.05, 0.1) is 11.9 Å². The van der Waals surface area contributed by atoms with Crippen LogP contribution in [0.4, 0.5) is 14.5 Å². The molecule has 5 nitrogen and oxygen atoms in total. The highest BCUT2D eigenvalue weighted by molar-refractivity contribution is 5.90. The predicted molar refractivity (Wildman–Crippen MR) is 81.4 cm³/mol. The smallest absolute Gasteiger partial charge is 0.257 e. The summed E-state index contributed by atoms with van der Waals surface area (Å²) in [4.78, 5) is 12.0. The van der Waals surface area contributed by atoms with Gasteiger partial charge in [-0.15, -0.1) is 12.4 Å². The number of halogens is 3. The second kappa shape index (κ2) is 7.37. The zero-order valence-electron chi connectivity index (χ0n) is 12.2. The zero-order chi connectivity index (χ0) is 14.8. The summed E-state index contributed by atoms with van der Waals surface area (Å²) in [5.74, 6) is 0.359. The lowest BCUT2D eigenvalue weighted by atomic mass is 9.89. The van der Waals surface area contributed by atoms with Crippen molar-refractivity contribution in [3.8, 4) is 0 Å². The predicted octanol–water partition coefficient (Wildman–Crippen LogP) is 2.43. The molecule has 1 aromatic rings. The van der Waals surface area contributed by atoms with Crippen LogP contribution in [-0.4, -0.2) is 34.2 Å². The number of carbonyl (C=O) groups excluding carboxylic acids is 1. The van der Waals surface area contributed by atoms with Gasteiger partial charge in [-0.2, -0.15) is 5.10 Å². The Kier molecular flexibility index (Phi) is 5.74. The van der Waals surface area contributed by atoms with Crippen molar-refractivity contribution in [2.75, 3.05) is 5.32 Å². The number of anilines is 1. The first kappa shape index (κ1) is 17.1. The first-order chi connectivity index (χ1) is 10.1. The van der Waals surface area contributed by atoms with Crippen molar-refractivity contribution < 1.29 is 13.6 Å². The Labute approximate surface area is 134 Å². The van der Waals surface area contributed by atoms with E-state index in [1.165, 1.54) is 25.2 Å². The van der Waals surface area contributed by atoms with Crippen LogP contribution in [0.3, 0.4) is 0 Å². The third-order valence-electron chi connectivity index (χ3n) is 4.29. The maximum Gasteiger partial charge on any atom is 0.257 e. The highest BCUT2D eigenvalue weighted by atomic mass is 35.5. The molecule has 2 bridgehead atoms. The second-order valence-corrected chi connectivity index (χ2v) is 6.07. The summed E-state index contributed by atoms with van der Waals surface area (Å²) in [7, 11) is 0. The number of fused-ring (bicyclic) bond motifs is 2. The summed E-state index contributed by atoms with van der Waals surface area (Å²) >= 11 is 0. The SMILES string of the molecule is Cl.O=C(CC1CC2CCC(C1)N2)Nc1cnn(CC(F)F)c1. The van der Waals surface area contributed by atoms with E-state index >= 15 is 0 Å². The molecule has 2 unspecified atom stereocenters. The summed E-state index contributed by atoms with van der Waals surface area (Å²) in [6.45, 7) is -0.451. The minimum Gasteiger partial charge on any atom is -0.323 e. The fraction of sp³-hybridized carbons (Fsp3) is 0.714. The summed E-state index contributed by atoms with van der Waals surface area (Å²) in [6, 6.07) is 1.13. The van der Waals surface area contributed by atoms with Gasteiger partial charge in [0, 0.05) is 24.7 Å². The van der Waals surface area contributed by atoms with E-state index < -0.39 is 13.0 Å². The molecule has 0 radical (unpaired) electrons. The molecule has 2 aliphatic rings. The standard InChI is InChI=1S/C14H20F2N4O.ClH/c15-13(16)8-20-7-12(6-17-20)19-14(21)5-9-3-10-1-2-11(4-9)18-10;/h6-7,9-11,13,18H,1-5,8H2,(H,19,21);1H. The third kappa shape index (κ3) is 4.39. The van der Waals surface area contributed by atoms with Crippen LogP contribution in [0.25, 0.3) is 0 Å². The van der Waals surface area contributed by atoms with E-state index in [1.807, 2.05) is 0 Å².